The van der Waals surface area contributed by atoms with Crippen molar-refractivity contribution in [3.63, 3.8) is 0 Å². The van der Waals surface area contributed by atoms with E-state index >= 15 is 0 Å². The van der Waals surface area contributed by atoms with E-state index in [-0.39, 0.29) is 0 Å². The predicted octanol–water partition coefficient (Wildman–Crippen LogP) is 0.761. The van der Waals surface area contributed by atoms with Gasteiger partial charge in [-0.2, -0.15) is 0 Å². The number of nitrogens with zero attached hydrogens (tertiary/aromatic N) is 1. The molecule has 0 unspecified atom stereocenters. The van der Waals surface area contributed by atoms with E-state index in [0.29, 0.717) is 6.54 Å². The second-order valence-corrected chi connectivity index (χ2v) is 2.41. The van der Waals surface area contributed by atoms with E-state index < -0.39 is 0 Å². The van der Waals surface area contributed by atoms with Crippen molar-refractivity contribution in [1.29, 1.82) is 0 Å². The first-order valence-corrected chi connectivity index (χ1v) is 3.69. The number of nitrogens with one attached hydrogen (secondary N) is 1. The van der Waals surface area contributed by atoms with Crippen LogP contribution in [0.3, 0.4) is 0 Å². The van der Waals surface area contributed by atoms with Crippen LogP contribution in [0.2, 0.25) is 0 Å². The number of hydrogen-bond acceptors (Lipinski definition) is 3. The second kappa shape index (κ2) is 3.93. The van der Waals surface area contributed by atoms with Crippen molar-refractivity contribution in [3.05, 3.63) is 24.0 Å². The highest BCUT2D eigenvalue weighted by Gasteiger charge is 1.93. The maximum Gasteiger partial charge on any atom is 0.0556 e. The molecule has 0 aromatic carbocycles. The Morgan fingerprint density at radius 3 is 3.09 bits per heavy atom. The molecule has 60 valence electrons. The lowest BCUT2D eigenvalue weighted by Gasteiger charge is -2.05. The fourth-order valence-corrected chi connectivity index (χ4v) is 0.856. The van der Waals surface area contributed by atoms with Crippen molar-refractivity contribution in [1.82, 2.24) is 4.98 Å². The van der Waals surface area contributed by atoms with Crippen LogP contribution in [0.4, 0.5) is 5.69 Å². The van der Waals surface area contributed by atoms with Crippen LogP contribution in [0.5, 0.6) is 0 Å². The topological polar surface area (TPSA) is 50.9 Å². The molecule has 0 saturated heterocycles. The molecule has 1 aromatic heterocycles. The van der Waals surface area contributed by atoms with Gasteiger partial charge in [-0.3, -0.25) is 4.98 Å². The van der Waals surface area contributed by atoms with Gasteiger partial charge in [0.1, 0.15) is 0 Å². The fourth-order valence-electron chi connectivity index (χ4n) is 0.856. The molecule has 0 fully saturated rings. The van der Waals surface area contributed by atoms with Crippen LogP contribution in [0.1, 0.15) is 5.56 Å². The van der Waals surface area contributed by atoms with Gasteiger partial charge in [-0.1, -0.05) is 0 Å². The number of aryl methyl sites for hydroxylation is 1. The summed E-state index contributed by atoms with van der Waals surface area (Å²) < 4.78 is 0. The van der Waals surface area contributed by atoms with Crippen LogP contribution in [-0.2, 0) is 0 Å². The molecule has 1 rings (SSSR count). The lowest BCUT2D eigenvalue weighted by Crippen LogP contribution is -2.13. The normalized spacial score (nSPS) is 9.64. The van der Waals surface area contributed by atoms with Crippen LogP contribution in [0, 0.1) is 6.92 Å². The lowest BCUT2D eigenvalue weighted by molar-refractivity contribution is 1.02. The summed E-state index contributed by atoms with van der Waals surface area (Å²) >= 11 is 0. The molecular formula is C8H13N3. The molecule has 0 aliphatic heterocycles. The average Bonchev–Trinajstić information content (AvgIpc) is 2.03. The Kier molecular flexibility index (Phi) is 2.86. The summed E-state index contributed by atoms with van der Waals surface area (Å²) in [4.78, 5) is 4.00. The molecule has 0 radical (unpaired) electrons. The summed E-state index contributed by atoms with van der Waals surface area (Å²) in [7, 11) is 0. The lowest BCUT2D eigenvalue weighted by atomic mass is 10.2. The van der Waals surface area contributed by atoms with Gasteiger partial charge in [0.25, 0.3) is 0 Å². The zero-order valence-electron chi connectivity index (χ0n) is 6.67. The molecule has 0 aliphatic rings. The molecule has 0 saturated carbocycles. The Bertz CT molecular complexity index is 222. The number of aromatic nitrogens is 1. The first-order valence-electron chi connectivity index (χ1n) is 3.69. The fraction of sp³-hybridized carbons (Fsp3) is 0.375. The predicted molar refractivity (Wildman–Crippen MR) is 46.5 cm³/mol. The molecule has 3 nitrogen and oxygen atoms in total. The third-order valence-electron chi connectivity index (χ3n) is 1.50. The first-order chi connectivity index (χ1) is 5.34. The van der Waals surface area contributed by atoms with E-state index in [1.165, 1.54) is 5.56 Å². The highest BCUT2D eigenvalue weighted by molar-refractivity contribution is 5.47. The van der Waals surface area contributed by atoms with E-state index in [2.05, 4.69) is 10.3 Å². The van der Waals surface area contributed by atoms with Crippen LogP contribution < -0.4 is 11.1 Å². The molecule has 11 heavy (non-hydrogen) atoms. The summed E-state index contributed by atoms with van der Waals surface area (Å²) in [5.74, 6) is 0. The molecule has 3 heteroatoms. The molecule has 0 atom stereocenters. The summed E-state index contributed by atoms with van der Waals surface area (Å²) in [6, 6.07) is 1.97. The number of anilines is 1. The van der Waals surface area contributed by atoms with Gasteiger partial charge in [-0.25, -0.2) is 0 Å². The maximum atomic E-state index is 5.34. The molecule has 1 heterocycles. The molecule has 0 spiro atoms. The van der Waals surface area contributed by atoms with E-state index in [1.54, 1.807) is 6.20 Å². The quantitative estimate of drug-likeness (QED) is 0.670. The van der Waals surface area contributed by atoms with Crippen molar-refractivity contribution in [2.75, 3.05) is 18.4 Å². The van der Waals surface area contributed by atoms with Gasteiger partial charge in [0.2, 0.25) is 0 Å². The SMILES string of the molecule is Cc1ccncc1NCCN. The highest BCUT2D eigenvalue weighted by atomic mass is 14.9. The zero-order valence-corrected chi connectivity index (χ0v) is 6.67. The minimum absolute atomic E-state index is 0.647. The largest absolute Gasteiger partial charge is 0.382 e. The molecule has 0 aliphatic carbocycles. The molecule has 0 amide bonds. The minimum Gasteiger partial charge on any atom is -0.382 e. The number of hydrogen-bond donors (Lipinski definition) is 2. The second-order valence-electron chi connectivity index (χ2n) is 2.41. The van der Waals surface area contributed by atoms with E-state index in [9.17, 15) is 0 Å². The Hall–Kier alpha value is -1.09. The number of pyridine rings is 1. The third kappa shape index (κ3) is 2.20. The monoisotopic (exact) mass is 151 g/mol. The van der Waals surface area contributed by atoms with Crippen molar-refractivity contribution in [2.24, 2.45) is 5.73 Å². The van der Waals surface area contributed by atoms with E-state index in [1.807, 2.05) is 19.2 Å². The Morgan fingerprint density at radius 1 is 1.64 bits per heavy atom. The first kappa shape index (κ1) is 8.01. The molecule has 1 aromatic rings. The molecule has 0 bridgehead atoms. The van der Waals surface area contributed by atoms with Gasteiger partial charge in [-0.05, 0) is 18.6 Å². The Balaban J connectivity index is 2.62. The summed E-state index contributed by atoms with van der Waals surface area (Å²) in [6.07, 6.45) is 3.59. The van der Waals surface area contributed by atoms with Crippen molar-refractivity contribution in [2.45, 2.75) is 6.92 Å². The van der Waals surface area contributed by atoms with Gasteiger partial charge in [0.05, 0.1) is 11.9 Å². The summed E-state index contributed by atoms with van der Waals surface area (Å²) in [6.45, 7) is 3.49. The van der Waals surface area contributed by atoms with Gasteiger partial charge in [0.15, 0.2) is 0 Å². The van der Waals surface area contributed by atoms with Crippen LogP contribution in [0.15, 0.2) is 18.5 Å². The van der Waals surface area contributed by atoms with Crippen molar-refractivity contribution < 1.29 is 0 Å². The van der Waals surface area contributed by atoms with Crippen LogP contribution in [0.25, 0.3) is 0 Å². The van der Waals surface area contributed by atoms with Gasteiger partial charge in [0, 0.05) is 19.3 Å². The van der Waals surface area contributed by atoms with Crippen molar-refractivity contribution in [3.8, 4) is 0 Å². The average molecular weight is 151 g/mol. The van der Waals surface area contributed by atoms with Crippen LogP contribution >= 0.6 is 0 Å². The van der Waals surface area contributed by atoms with Crippen molar-refractivity contribution >= 4 is 5.69 Å². The van der Waals surface area contributed by atoms with E-state index in [4.69, 9.17) is 5.73 Å². The van der Waals surface area contributed by atoms with Crippen LogP contribution in [-0.4, -0.2) is 18.1 Å². The summed E-state index contributed by atoms with van der Waals surface area (Å²) in [5, 5.41) is 3.18. The third-order valence-corrected chi connectivity index (χ3v) is 1.50. The van der Waals surface area contributed by atoms with E-state index in [0.717, 1.165) is 12.2 Å². The Labute approximate surface area is 66.6 Å². The Morgan fingerprint density at radius 2 is 2.45 bits per heavy atom. The minimum atomic E-state index is 0.647. The zero-order chi connectivity index (χ0) is 8.10. The number of rotatable bonds is 3. The van der Waals surface area contributed by atoms with Gasteiger partial charge >= 0.3 is 0 Å². The maximum absolute atomic E-state index is 5.34. The van der Waals surface area contributed by atoms with Gasteiger partial charge < -0.3 is 11.1 Å². The highest BCUT2D eigenvalue weighted by Crippen LogP contribution is 2.09. The molecular weight excluding hydrogens is 138 g/mol. The molecule has 3 N–H and O–H groups in total. The summed E-state index contributed by atoms with van der Waals surface area (Å²) in [5.41, 5.74) is 7.61. The number of nitrogens with two attached hydrogens (primary N) is 1. The standard InChI is InChI=1S/C8H13N3/c1-7-2-4-10-6-8(7)11-5-3-9/h2,4,6,11H,3,5,9H2,1H3. The van der Waals surface area contributed by atoms with Gasteiger partial charge in [-0.15, -0.1) is 0 Å². The smallest absolute Gasteiger partial charge is 0.0556 e.